The summed E-state index contributed by atoms with van der Waals surface area (Å²) in [4.78, 5) is 16.2. The highest BCUT2D eigenvalue weighted by Gasteiger charge is 2.12. The topological polar surface area (TPSA) is 64.4 Å². The van der Waals surface area contributed by atoms with E-state index in [0.29, 0.717) is 23.6 Å². The maximum atomic E-state index is 13.5. The SMILES string of the molecule is CC(COc1ccccc1F)NC(=O)CCc1ncc(-c2ccc(F)cc2)o1. The fraction of sp³-hybridized carbons (Fsp3) is 0.238. The van der Waals surface area contributed by atoms with Crippen molar-refractivity contribution in [2.24, 2.45) is 0 Å². The fourth-order valence-corrected chi connectivity index (χ4v) is 2.56. The number of carbonyl (C=O) groups is 1. The van der Waals surface area contributed by atoms with E-state index in [4.69, 9.17) is 9.15 Å². The summed E-state index contributed by atoms with van der Waals surface area (Å²) in [6.45, 7) is 1.93. The fourth-order valence-electron chi connectivity index (χ4n) is 2.56. The number of benzene rings is 2. The second kappa shape index (κ2) is 9.12. The summed E-state index contributed by atoms with van der Waals surface area (Å²) < 4.78 is 37.5. The number of hydrogen-bond donors (Lipinski definition) is 1. The molecule has 5 nitrogen and oxygen atoms in total. The van der Waals surface area contributed by atoms with Crippen LogP contribution in [0.15, 0.2) is 59.1 Å². The van der Waals surface area contributed by atoms with Gasteiger partial charge in [0, 0.05) is 18.4 Å². The van der Waals surface area contributed by atoms with Crippen LogP contribution in [-0.2, 0) is 11.2 Å². The lowest BCUT2D eigenvalue weighted by molar-refractivity contribution is -0.121. The second-order valence-electron chi connectivity index (χ2n) is 6.34. The number of halogens is 2. The predicted octanol–water partition coefficient (Wildman–Crippen LogP) is 4.14. The van der Waals surface area contributed by atoms with Crippen molar-refractivity contribution in [3.63, 3.8) is 0 Å². The number of nitrogens with one attached hydrogen (secondary N) is 1. The minimum Gasteiger partial charge on any atom is -0.488 e. The molecule has 7 heteroatoms. The predicted molar refractivity (Wildman–Crippen MR) is 99.7 cm³/mol. The lowest BCUT2D eigenvalue weighted by atomic mass is 10.2. The Morgan fingerprint density at radius 3 is 2.68 bits per heavy atom. The van der Waals surface area contributed by atoms with Crippen LogP contribution in [-0.4, -0.2) is 23.5 Å². The van der Waals surface area contributed by atoms with E-state index in [0.717, 1.165) is 0 Å². The summed E-state index contributed by atoms with van der Waals surface area (Å²) in [5, 5.41) is 2.79. The number of ether oxygens (including phenoxy) is 1. The number of amides is 1. The molecule has 0 aliphatic heterocycles. The van der Waals surface area contributed by atoms with E-state index in [1.807, 2.05) is 0 Å². The van der Waals surface area contributed by atoms with E-state index in [1.165, 1.54) is 24.3 Å². The van der Waals surface area contributed by atoms with Gasteiger partial charge in [-0.05, 0) is 43.3 Å². The number of aryl methyl sites for hydroxylation is 1. The maximum Gasteiger partial charge on any atom is 0.220 e. The van der Waals surface area contributed by atoms with Crippen LogP contribution in [0, 0.1) is 11.6 Å². The van der Waals surface area contributed by atoms with Crippen LogP contribution in [0.25, 0.3) is 11.3 Å². The van der Waals surface area contributed by atoms with Crippen LogP contribution in [0.5, 0.6) is 5.75 Å². The first-order chi connectivity index (χ1) is 13.5. The Morgan fingerprint density at radius 2 is 1.93 bits per heavy atom. The van der Waals surface area contributed by atoms with E-state index in [-0.39, 0.29) is 36.5 Å². The van der Waals surface area contributed by atoms with Crippen molar-refractivity contribution in [1.29, 1.82) is 0 Å². The van der Waals surface area contributed by atoms with Gasteiger partial charge >= 0.3 is 0 Å². The molecule has 0 fully saturated rings. The highest BCUT2D eigenvalue weighted by atomic mass is 19.1. The van der Waals surface area contributed by atoms with Crippen molar-refractivity contribution in [2.75, 3.05) is 6.61 Å². The van der Waals surface area contributed by atoms with E-state index in [1.54, 1.807) is 37.4 Å². The number of oxazole rings is 1. The molecule has 1 aromatic heterocycles. The molecule has 1 unspecified atom stereocenters. The zero-order valence-corrected chi connectivity index (χ0v) is 15.3. The molecule has 0 aliphatic rings. The number of aromatic nitrogens is 1. The highest BCUT2D eigenvalue weighted by Crippen LogP contribution is 2.21. The van der Waals surface area contributed by atoms with Crippen LogP contribution >= 0.6 is 0 Å². The van der Waals surface area contributed by atoms with Crippen LogP contribution in [0.3, 0.4) is 0 Å². The Kier molecular flexibility index (Phi) is 6.37. The lowest BCUT2D eigenvalue weighted by Crippen LogP contribution is -2.37. The molecule has 2 aromatic carbocycles. The van der Waals surface area contributed by atoms with E-state index in [2.05, 4.69) is 10.3 Å². The van der Waals surface area contributed by atoms with Crippen molar-refractivity contribution in [3.05, 3.63) is 72.3 Å². The third-order valence-corrected chi connectivity index (χ3v) is 3.98. The number of nitrogens with zero attached hydrogens (tertiary/aromatic N) is 1. The van der Waals surface area contributed by atoms with Crippen molar-refractivity contribution in [1.82, 2.24) is 10.3 Å². The first kappa shape index (κ1) is 19.5. The van der Waals surface area contributed by atoms with Gasteiger partial charge in [0.25, 0.3) is 0 Å². The van der Waals surface area contributed by atoms with Gasteiger partial charge in [0.05, 0.1) is 12.2 Å². The van der Waals surface area contributed by atoms with Gasteiger partial charge in [0.1, 0.15) is 12.4 Å². The molecule has 0 saturated carbocycles. The maximum absolute atomic E-state index is 13.5. The van der Waals surface area contributed by atoms with Crippen molar-refractivity contribution < 1.29 is 22.7 Å². The molecule has 146 valence electrons. The number of para-hydroxylation sites is 1. The van der Waals surface area contributed by atoms with Gasteiger partial charge in [-0.3, -0.25) is 4.79 Å². The van der Waals surface area contributed by atoms with Crippen LogP contribution in [0.2, 0.25) is 0 Å². The molecule has 3 aromatic rings. The van der Waals surface area contributed by atoms with E-state index < -0.39 is 5.82 Å². The highest BCUT2D eigenvalue weighted by molar-refractivity contribution is 5.76. The average Bonchev–Trinajstić information content (AvgIpc) is 3.15. The van der Waals surface area contributed by atoms with E-state index >= 15 is 0 Å². The van der Waals surface area contributed by atoms with Gasteiger partial charge in [-0.2, -0.15) is 0 Å². The summed E-state index contributed by atoms with van der Waals surface area (Å²) in [6, 6.07) is 11.7. The summed E-state index contributed by atoms with van der Waals surface area (Å²) in [5.74, 6) is 0.129. The van der Waals surface area contributed by atoms with Crippen LogP contribution in [0.4, 0.5) is 8.78 Å². The Morgan fingerprint density at radius 1 is 1.18 bits per heavy atom. The van der Waals surface area contributed by atoms with Crippen LogP contribution in [0.1, 0.15) is 19.2 Å². The summed E-state index contributed by atoms with van der Waals surface area (Å²) in [5.41, 5.74) is 0.712. The normalized spacial score (nSPS) is 11.8. The molecular formula is C21H20F2N2O3. The number of carbonyl (C=O) groups excluding carboxylic acids is 1. The van der Waals surface area contributed by atoms with Crippen molar-refractivity contribution in [3.8, 4) is 17.1 Å². The van der Waals surface area contributed by atoms with Crippen molar-refractivity contribution in [2.45, 2.75) is 25.8 Å². The Balaban J connectivity index is 1.44. The first-order valence-electron chi connectivity index (χ1n) is 8.88. The Bertz CT molecular complexity index is 925. The van der Waals surface area contributed by atoms with E-state index in [9.17, 15) is 13.6 Å². The van der Waals surface area contributed by atoms with Gasteiger partial charge in [-0.25, -0.2) is 13.8 Å². The molecule has 1 atom stereocenters. The molecule has 0 bridgehead atoms. The average molecular weight is 386 g/mol. The summed E-state index contributed by atoms with van der Waals surface area (Å²) >= 11 is 0. The zero-order valence-electron chi connectivity index (χ0n) is 15.3. The second-order valence-corrected chi connectivity index (χ2v) is 6.34. The number of rotatable bonds is 8. The Labute approximate surface area is 161 Å². The standard InChI is InChI=1S/C21H20F2N2O3/c1-14(13-27-18-5-3-2-4-17(18)23)25-20(26)10-11-21-24-12-19(28-21)15-6-8-16(22)9-7-15/h2-9,12,14H,10-11,13H2,1H3,(H,25,26). The molecule has 3 rings (SSSR count). The van der Waals surface area contributed by atoms with Crippen molar-refractivity contribution >= 4 is 5.91 Å². The van der Waals surface area contributed by atoms with Gasteiger partial charge in [0.15, 0.2) is 23.2 Å². The molecule has 0 saturated heterocycles. The smallest absolute Gasteiger partial charge is 0.220 e. The Hall–Kier alpha value is -3.22. The van der Waals surface area contributed by atoms with Gasteiger partial charge < -0.3 is 14.5 Å². The van der Waals surface area contributed by atoms with Gasteiger partial charge in [-0.15, -0.1) is 0 Å². The zero-order chi connectivity index (χ0) is 19.9. The summed E-state index contributed by atoms with van der Waals surface area (Å²) in [7, 11) is 0. The van der Waals surface area contributed by atoms with Gasteiger partial charge in [-0.1, -0.05) is 12.1 Å². The molecule has 1 N–H and O–H groups in total. The largest absolute Gasteiger partial charge is 0.488 e. The quantitative estimate of drug-likeness (QED) is 0.632. The molecule has 0 spiro atoms. The lowest BCUT2D eigenvalue weighted by Gasteiger charge is -2.15. The molecule has 0 aliphatic carbocycles. The minimum atomic E-state index is -0.443. The van der Waals surface area contributed by atoms with Gasteiger partial charge in [0.2, 0.25) is 5.91 Å². The molecule has 1 heterocycles. The third kappa shape index (κ3) is 5.39. The monoisotopic (exact) mass is 386 g/mol. The first-order valence-corrected chi connectivity index (χ1v) is 8.88. The molecule has 1 amide bonds. The van der Waals surface area contributed by atoms with Crippen LogP contribution < -0.4 is 10.1 Å². The molecular weight excluding hydrogens is 366 g/mol. The summed E-state index contributed by atoms with van der Waals surface area (Å²) in [6.07, 6.45) is 2.06. The molecule has 0 radical (unpaired) electrons. The molecule has 28 heavy (non-hydrogen) atoms. The minimum absolute atomic E-state index is 0.150. The number of hydrogen-bond acceptors (Lipinski definition) is 4. The third-order valence-electron chi connectivity index (χ3n) is 3.98.